The topological polar surface area (TPSA) is 33.7 Å². The Morgan fingerprint density at radius 1 is 1.07 bits per heavy atom. The molecule has 0 saturated heterocycles. The molecule has 0 heterocycles. The van der Waals surface area contributed by atoms with E-state index < -0.39 is 0 Å². The summed E-state index contributed by atoms with van der Waals surface area (Å²) in [5.41, 5.74) is 2.22. The predicted molar refractivity (Wildman–Crippen MR) is 116 cm³/mol. The molecule has 27 heavy (non-hydrogen) atoms. The molecule has 2 aromatic carbocycles. The molecule has 148 valence electrons. The summed E-state index contributed by atoms with van der Waals surface area (Å²) < 4.78 is 12.7. The van der Waals surface area contributed by atoms with Crippen molar-refractivity contribution in [2.75, 3.05) is 33.8 Å². The van der Waals surface area contributed by atoms with E-state index in [-0.39, 0.29) is 0 Å². The SMILES string of the molecule is CCOc1cc(CNCCCN(C)C)cc(Br)c1OCc1ccc(Cl)cc1. The van der Waals surface area contributed by atoms with Gasteiger partial charge >= 0.3 is 0 Å². The Kier molecular flexibility index (Phi) is 9.42. The standard InChI is InChI=1S/C21H28BrClN2O2/c1-4-26-20-13-17(14-24-10-5-11-25(2)3)12-19(22)21(20)27-15-16-6-8-18(23)9-7-16/h6-9,12-13,24H,4-5,10-11,14-15H2,1-3H3. The second-order valence-corrected chi connectivity index (χ2v) is 7.88. The molecule has 6 heteroatoms. The number of hydrogen-bond donors (Lipinski definition) is 1. The van der Waals surface area contributed by atoms with Gasteiger partial charge in [0.2, 0.25) is 0 Å². The molecule has 0 radical (unpaired) electrons. The fourth-order valence-corrected chi connectivity index (χ4v) is 3.35. The predicted octanol–water partition coefficient (Wildman–Crippen LogP) is 5.12. The minimum Gasteiger partial charge on any atom is -0.490 e. The van der Waals surface area contributed by atoms with Gasteiger partial charge in [-0.05, 0) is 91.9 Å². The Bertz CT molecular complexity index is 708. The number of benzene rings is 2. The zero-order valence-corrected chi connectivity index (χ0v) is 18.6. The van der Waals surface area contributed by atoms with E-state index in [1.807, 2.05) is 37.3 Å². The molecule has 0 bridgehead atoms. The van der Waals surface area contributed by atoms with Crippen LogP contribution in [0, 0.1) is 0 Å². The van der Waals surface area contributed by atoms with Gasteiger partial charge in [-0.1, -0.05) is 23.7 Å². The zero-order chi connectivity index (χ0) is 19.6. The van der Waals surface area contributed by atoms with Crippen molar-refractivity contribution in [3.63, 3.8) is 0 Å². The van der Waals surface area contributed by atoms with E-state index in [2.05, 4.69) is 46.3 Å². The second kappa shape index (κ2) is 11.5. The van der Waals surface area contributed by atoms with Crippen LogP contribution < -0.4 is 14.8 Å². The van der Waals surface area contributed by atoms with Crippen LogP contribution in [0.4, 0.5) is 0 Å². The van der Waals surface area contributed by atoms with Gasteiger partial charge in [0, 0.05) is 11.6 Å². The third-order valence-corrected chi connectivity index (χ3v) is 4.79. The summed E-state index contributed by atoms with van der Waals surface area (Å²) in [4.78, 5) is 2.19. The number of hydrogen-bond acceptors (Lipinski definition) is 4. The van der Waals surface area contributed by atoms with Crippen molar-refractivity contribution in [2.24, 2.45) is 0 Å². The summed E-state index contributed by atoms with van der Waals surface area (Å²) in [6.07, 6.45) is 1.12. The molecule has 0 aliphatic carbocycles. The summed E-state index contributed by atoms with van der Waals surface area (Å²) in [5.74, 6) is 1.48. The van der Waals surface area contributed by atoms with Crippen LogP contribution >= 0.6 is 27.5 Å². The van der Waals surface area contributed by atoms with Gasteiger partial charge in [-0.3, -0.25) is 0 Å². The molecule has 1 N–H and O–H groups in total. The van der Waals surface area contributed by atoms with Crippen molar-refractivity contribution >= 4 is 27.5 Å². The highest BCUT2D eigenvalue weighted by molar-refractivity contribution is 9.10. The summed E-state index contributed by atoms with van der Waals surface area (Å²) in [6, 6.07) is 11.8. The quantitative estimate of drug-likeness (QED) is 0.477. The van der Waals surface area contributed by atoms with Crippen LogP contribution in [-0.4, -0.2) is 38.7 Å². The van der Waals surface area contributed by atoms with Gasteiger partial charge in [0.1, 0.15) is 6.61 Å². The lowest BCUT2D eigenvalue weighted by Crippen LogP contribution is -2.21. The van der Waals surface area contributed by atoms with E-state index in [0.29, 0.717) is 13.2 Å². The molecular weight excluding hydrogens is 428 g/mol. The molecule has 4 nitrogen and oxygen atoms in total. The van der Waals surface area contributed by atoms with E-state index in [0.717, 1.165) is 58.2 Å². The molecule has 0 aliphatic rings. The van der Waals surface area contributed by atoms with Gasteiger partial charge in [-0.25, -0.2) is 0 Å². The molecule has 0 fully saturated rings. The van der Waals surface area contributed by atoms with Gasteiger partial charge in [0.05, 0.1) is 11.1 Å². The molecule has 0 atom stereocenters. The van der Waals surface area contributed by atoms with Gasteiger partial charge in [-0.15, -0.1) is 0 Å². The molecule has 0 saturated carbocycles. The molecule has 0 amide bonds. The van der Waals surface area contributed by atoms with Crippen molar-refractivity contribution in [2.45, 2.75) is 26.5 Å². The van der Waals surface area contributed by atoms with Crippen molar-refractivity contribution in [3.8, 4) is 11.5 Å². The van der Waals surface area contributed by atoms with Crippen molar-refractivity contribution in [1.29, 1.82) is 0 Å². The first-order valence-corrected chi connectivity index (χ1v) is 10.3. The van der Waals surface area contributed by atoms with Crippen LogP contribution in [-0.2, 0) is 13.2 Å². The van der Waals surface area contributed by atoms with Gasteiger partial charge in [0.15, 0.2) is 11.5 Å². The molecule has 2 rings (SSSR count). The van der Waals surface area contributed by atoms with E-state index >= 15 is 0 Å². The second-order valence-electron chi connectivity index (χ2n) is 6.59. The first-order chi connectivity index (χ1) is 13.0. The Morgan fingerprint density at radius 2 is 1.81 bits per heavy atom. The van der Waals surface area contributed by atoms with E-state index in [9.17, 15) is 0 Å². The molecule has 0 spiro atoms. The average molecular weight is 456 g/mol. The number of rotatable bonds is 11. The molecule has 0 aromatic heterocycles. The molecule has 0 aliphatic heterocycles. The average Bonchev–Trinajstić information content (AvgIpc) is 2.62. The van der Waals surface area contributed by atoms with Crippen molar-refractivity contribution < 1.29 is 9.47 Å². The lowest BCUT2D eigenvalue weighted by molar-refractivity contribution is 0.267. The highest BCUT2D eigenvalue weighted by Gasteiger charge is 2.12. The Balaban J connectivity index is 2.00. The minimum atomic E-state index is 0.456. The normalized spacial score (nSPS) is 11.0. The number of nitrogens with one attached hydrogen (secondary N) is 1. The highest BCUT2D eigenvalue weighted by Crippen LogP contribution is 2.37. The Morgan fingerprint density at radius 3 is 2.48 bits per heavy atom. The van der Waals surface area contributed by atoms with Crippen LogP contribution in [0.5, 0.6) is 11.5 Å². The summed E-state index contributed by atoms with van der Waals surface area (Å²) in [7, 11) is 4.18. The molecule has 0 unspecified atom stereocenters. The lowest BCUT2D eigenvalue weighted by Gasteiger charge is -2.16. The lowest BCUT2D eigenvalue weighted by atomic mass is 10.2. The molecular formula is C21H28BrClN2O2. The summed E-state index contributed by atoms with van der Waals surface area (Å²) >= 11 is 9.57. The smallest absolute Gasteiger partial charge is 0.175 e. The molecule has 2 aromatic rings. The van der Waals surface area contributed by atoms with Crippen molar-refractivity contribution in [1.82, 2.24) is 10.2 Å². The number of nitrogens with zero attached hydrogens (tertiary/aromatic N) is 1. The third-order valence-electron chi connectivity index (χ3n) is 3.95. The maximum absolute atomic E-state index is 6.03. The van der Waals surface area contributed by atoms with Crippen LogP contribution in [0.1, 0.15) is 24.5 Å². The Hall–Kier alpha value is -1.27. The monoisotopic (exact) mass is 454 g/mol. The fraction of sp³-hybridized carbons (Fsp3) is 0.429. The Labute approximate surface area is 175 Å². The van der Waals surface area contributed by atoms with Crippen LogP contribution in [0.15, 0.2) is 40.9 Å². The van der Waals surface area contributed by atoms with E-state index in [4.69, 9.17) is 21.1 Å². The fourth-order valence-electron chi connectivity index (χ4n) is 2.62. The van der Waals surface area contributed by atoms with E-state index in [1.165, 1.54) is 0 Å². The summed E-state index contributed by atoms with van der Waals surface area (Å²) in [6.45, 7) is 5.88. The van der Waals surface area contributed by atoms with Crippen LogP contribution in [0.2, 0.25) is 5.02 Å². The first-order valence-electron chi connectivity index (χ1n) is 9.17. The maximum atomic E-state index is 6.03. The number of ether oxygens (including phenoxy) is 2. The van der Waals surface area contributed by atoms with Crippen LogP contribution in [0.25, 0.3) is 0 Å². The van der Waals surface area contributed by atoms with Gasteiger partial charge in [-0.2, -0.15) is 0 Å². The highest BCUT2D eigenvalue weighted by atomic mass is 79.9. The van der Waals surface area contributed by atoms with Gasteiger partial charge in [0.25, 0.3) is 0 Å². The van der Waals surface area contributed by atoms with Crippen molar-refractivity contribution in [3.05, 3.63) is 57.0 Å². The zero-order valence-electron chi connectivity index (χ0n) is 16.2. The number of halogens is 2. The maximum Gasteiger partial charge on any atom is 0.175 e. The largest absolute Gasteiger partial charge is 0.490 e. The van der Waals surface area contributed by atoms with Crippen LogP contribution in [0.3, 0.4) is 0 Å². The summed E-state index contributed by atoms with van der Waals surface area (Å²) in [5, 5.41) is 4.20. The first kappa shape index (κ1) is 22.0. The third kappa shape index (κ3) is 7.70. The van der Waals surface area contributed by atoms with Gasteiger partial charge < -0.3 is 19.7 Å². The minimum absolute atomic E-state index is 0.456. The van der Waals surface area contributed by atoms with E-state index in [1.54, 1.807) is 0 Å².